The third-order valence-corrected chi connectivity index (χ3v) is 3.37. The van der Waals surface area contributed by atoms with Crippen LogP contribution in [0.3, 0.4) is 0 Å². The number of ether oxygens (including phenoxy) is 1. The molecule has 0 atom stereocenters. The third-order valence-electron chi connectivity index (χ3n) is 3.15. The van der Waals surface area contributed by atoms with E-state index < -0.39 is 0 Å². The van der Waals surface area contributed by atoms with Crippen molar-refractivity contribution in [1.29, 1.82) is 0 Å². The number of anilines is 1. The Bertz CT molecular complexity index is 435. The van der Waals surface area contributed by atoms with Crippen LogP contribution in [-0.2, 0) is 4.74 Å². The molecule has 6 nitrogen and oxygen atoms in total. The number of nitrogens with two attached hydrogens (primary N) is 1. The normalized spacial score (nSPS) is 16.6. The SMILES string of the molecule is NC(=S)c1ccnnc1N1CCC(OCCO)CC1. The Balaban J connectivity index is 2.00. The van der Waals surface area contributed by atoms with Gasteiger partial charge in [-0.2, -0.15) is 5.10 Å². The van der Waals surface area contributed by atoms with Crippen LogP contribution in [0.2, 0.25) is 0 Å². The Morgan fingerprint density at radius 1 is 1.53 bits per heavy atom. The van der Waals surface area contributed by atoms with E-state index in [2.05, 4.69) is 15.1 Å². The van der Waals surface area contributed by atoms with E-state index in [0.29, 0.717) is 11.6 Å². The highest BCUT2D eigenvalue weighted by molar-refractivity contribution is 7.80. The van der Waals surface area contributed by atoms with E-state index in [-0.39, 0.29) is 12.7 Å². The van der Waals surface area contributed by atoms with Crippen LogP contribution in [0.15, 0.2) is 12.3 Å². The van der Waals surface area contributed by atoms with E-state index >= 15 is 0 Å². The van der Waals surface area contributed by atoms with Gasteiger partial charge in [0.25, 0.3) is 0 Å². The Labute approximate surface area is 117 Å². The molecule has 0 aromatic carbocycles. The maximum absolute atomic E-state index is 8.74. The summed E-state index contributed by atoms with van der Waals surface area (Å²) in [5.74, 6) is 0.746. The summed E-state index contributed by atoms with van der Waals surface area (Å²) < 4.78 is 5.53. The van der Waals surface area contributed by atoms with E-state index in [1.54, 1.807) is 12.3 Å². The lowest BCUT2D eigenvalue weighted by atomic mass is 10.1. The molecule has 2 heterocycles. The predicted molar refractivity (Wildman–Crippen MR) is 76.2 cm³/mol. The van der Waals surface area contributed by atoms with Crippen molar-refractivity contribution < 1.29 is 9.84 Å². The predicted octanol–water partition coefficient (Wildman–Crippen LogP) is 0.0885. The first kappa shape index (κ1) is 14.1. The summed E-state index contributed by atoms with van der Waals surface area (Å²) in [6.45, 7) is 2.11. The van der Waals surface area contributed by atoms with Gasteiger partial charge in [-0.15, -0.1) is 5.10 Å². The van der Waals surface area contributed by atoms with Gasteiger partial charge in [0.05, 0.1) is 31.1 Å². The molecule has 7 heteroatoms. The first-order valence-corrected chi connectivity index (χ1v) is 6.72. The highest BCUT2D eigenvalue weighted by Gasteiger charge is 2.23. The summed E-state index contributed by atoms with van der Waals surface area (Å²) in [7, 11) is 0. The molecule has 3 N–H and O–H groups in total. The number of rotatable bonds is 5. The molecule has 0 aliphatic carbocycles. The fourth-order valence-corrected chi connectivity index (χ4v) is 2.36. The highest BCUT2D eigenvalue weighted by atomic mass is 32.1. The molecule has 0 amide bonds. The third kappa shape index (κ3) is 3.59. The van der Waals surface area contributed by atoms with Crippen molar-refractivity contribution in [3.63, 3.8) is 0 Å². The molecule has 1 aliphatic heterocycles. The van der Waals surface area contributed by atoms with Crippen LogP contribution in [0.25, 0.3) is 0 Å². The van der Waals surface area contributed by atoms with E-state index in [1.807, 2.05) is 0 Å². The van der Waals surface area contributed by atoms with Crippen LogP contribution in [0, 0.1) is 0 Å². The van der Waals surface area contributed by atoms with Crippen LogP contribution in [0.5, 0.6) is 0 Å². The lowest BCUT2D eigenvalue weighted by Crippen LogP contribution is -2.39. The fraction of sp³-hybridized carbons (Fsp3) is 0.583. The Hall–Kier alpha value is -1.31. The van der Waals surface area contributed by atoms with Gasteiger partial charge in [0.15, 0.2) is 5.82 Å². The van der Waals surface area contributed by atoms with Crippen LogP contribution >= 0.6 is 12.2 Å². The minimum absolute atomic E-state index is 0.0654. The molecule has 1 saturated heterocycles. The van der Waals surface area contributed by atoms with Crippen LogP contribution in [0.1, 0.15) is 18.4 Å². The lowest BCUT2D eigenvalue weighted by Gasteiger charge is -2.33. The standard InChI is InChI=1S/C12H18N4O2S/c13-11(19)10-1-4-14-15-12(10)16-5-2-9(3-6-16)18-8-7-17/h1,4,9,17H,2-3,5-8H2,(H2,13,19). The maximum atomic E-state index is 8.74. The largest absolute Gasteiger partial charge is 0.394 e. The second kappa shape index (κ2) is 6.74. The minimum atomic E-state index is 0.0654. The van der Waals surface area contributed by atoms with Gasteiger partial charge in [-0.05, 0) is 18.9 Å². The molecule has 1 aromatic heterocycles. The number of hydrogen-bond acceptors (Lipinski definition) is 6. The Morgan fingerprint density at radius 3 is 2.89 bits per heavy atom. The zero-order chi connectivity index (χ0) is 13.7. The van der Waals surface area contributed by atoms with Crippen LogP contribution in [-0.4, -0.2) is 52.7 Å². The van der Waals surface area contributed by atoms with Gasteiger partial charge in [-0.1, -0.05) is 12.2 Å². The fourth-order valence-electron chi connectivity index (χ4n) is 2.20. The molecule has 0 radical (unpaired) electrons. The monoisotopic (exact) mass is 282 g/mol. The highest BCUT2D eigenvalue weighted by Crippen LogP contribution is 2.22. The van der Waals surface area contributed by atoms with Gasteiger partial charge < -0.3 is 20.5 Å². The topological polar surface area (TPSA) is 84.5 Å². The smallest absolute Gasteiger partial charge is 0.161 e. The molecule has 1 aromatic rings. The number of thiocarbonyl (C=S) groups is 1. The average molecular weight is 282 g/mol. The summed E-state index contributed by atoms with van der Waals surface area (Å²) in [6, 6.07) is 1.79. The molecule has 0 saturated carbocycles. The van der Waals surface area contributed by atoms with Crippen molar-refractivity contribution in [3.8, 4) is 0 Å². The Kier molecular flexibility index (Phi) is 5.00. The summed E-state index contributed by atoms with van der Waals surface area (Å²) >= 11 is 5.03. The van der Waals surface area contributed by atoms with Gasteiger partial charge in [-0.3, -0.25) is 0 Å². The summed E-state index contributed by atoms with van der Waals surface area (Å²) in [5, 5.41) is 16.8. The van der Waals surface area contributed by atoms with Crippen molar-refractivity contribution >= 4 is 23.0 Å². The first-order valence-electron chi connectivity index (χ1n) is 6.31. The minimum Gasteiger partial charge on any atom is -0.394 e. The summed E-state index contributed by atoms with van der Waals surface area (Å²) in [6.07, 6.45) is 3.59. The van der Waals surface area contributed by atoms with Crippen LogP contribution in [0.4, 0.5) is 5.82 Å². The maximum Gasteiger partial charge on any atom is 0.161 e. The number of aromatic nitrogens is 2. The molecule has 1 aliphatic rings. The summed E-state index contributed by atoms with van der Waals surface area (Å²) in [4.78, 5) is 2.46. The molecule has 1 fully saturated rings. The molecular formula is C12H18N4O2S. The number of hydrogen-bond donors (Lipinski definition) is 2. The second-order valence-electron chi connectivity index (χ2n) is 4.41. The quantitative estimate of drug-likeness (QED) is 0.740. The van der Waals surface area contributed by atoms with Crippen LogP contribution < -0.4 is 10.6 Å². The van der Waals surface area contributed by atoms with Crippen molar-refractivity contribution in [3.05, 3.63) is 17.8 Å². The zero-order valence-corrected chi connectivity index (χ0v) is 11.5. The average Bonchev–Trinajstić information content (AvgIpc) is 2.45. The molecule has 19 heavy (non-hydrogen) atoms. The van der Waals surface area contributed by atoms with Crippen molar-refractivity contribution in [2.45, 2.75) is 18.9 Å². The molecule has 2 rings (SSSR count). The van der Waals surface area contributed by atoms with Gasteiger partial charge in [0, 0.05) is 13.1 Å². The first-order chi connectivity index (χ1) is 9.22. The van der Waals surface area contributed by atoms with Gasteiger partial charge in [0.1, 0.15) is 4.99 Å². The number of piperidine rings is 1. The van der Waals surface area contributed by atoms with Gasteiger partial charge >= 0.3 is 0 Å². The van der Waals surface area contributed by atoms with E-state index in [4.69, 9.17) is 27.8 Å². The number of aliphatic hydroxyl groups is 1. The second-order valence-corrected chi connectivity index (χ2v) is 4.85. The molecule has 0 bridgehead atoms. The van der Waals surface area contributed by atoms with Crippen molar-refractivity contribution in [2.24, 2.45) is 5.73 Å². The zero-order valence-electron chi connectivity index (χ0n) is 10.7. The van der Waals surface area contributed by atoms with Crippen molar-refractivity contribution in [1.82, 2.24) is 10.2 Å². The summed E-state index contributed by atoms with van der Waals surface area (Å²) in [5.41, 5.74) is 6.46. The van der Waals surface area contributed by atoms with E-state index in [1.165, 1.54) is 0 Å². The van der Waals surface area contributed by atoms with Gasteiger partial charge in [-0.25, -0.2) is 0 Å². The number of nitrogens with zero attached hydrogens (tertiary/aromatic N) is 3. The molecule has 0 unspecified atom stereocenters. The van der Waals surface area contributed by atoms with Crippen molar-refractivity contribution in [2.75, 3.05) is 31.2 Å². The molecular weight excluding hydrogens is 264 g/mol. The van der Waals surface area contributed by atoms with E-state index in [0.717, 1.165) is 37.3 Å². The Morgan fingerprint density at radius 2 is 2.26 bits per heavy atom. The molecule has 104 valence electrons. The lowest BCUT2D eigenvalue weighted by molar-refractivity contribution is 0.0158. The number of aliphatic hydroxyl groups excluding tert-OH is 1. The van der Waals surface area contributed by atoms with E-state index in [9.17, 15) is 0 Å². The van der Waals surface area contributed by atoms with Gasteiger partial charge in [0.2, 0.25) is 0 Å². The molecule has 0 spiro atoms.